The molecular formula is C51H87N3O10S. The lowest BCUT2D eigenvalue weighted by Gasteiger charge is -2.19. The van der Waals surface area contributed by atoms with Crippen molar-refractivity contribution in [3.63, 3.8) is 0 Å². The molecule has 6 N–H and O–H groups in total. The Labute approximate surface area is 395 Å². The van der Waals surface area contributed by atoms with Crippen LogP contribution in [0.25, 0.3) is 0 Å². The summed E-state index contributed by atoms with van der Waals surface area (Å²) in [6, 6.07) is 3.97. The van der Waals surface area contributed by atoms with Gasteiger partial charge in [0.1, 0.15) is 18.8 Å². The van der Waals surface area contributed by atoms with E-state index in [1.807, 2.05) is 0 Å². The van der Waals surface area contributed by atoms with Gasteiger partial charge in [0.2, 0.25) is 5.91 Å². The van der Waals surface area contributed by atoms with Crippen LogP contribution in [0.4, 0.5) is 0 Å². The zero-order valence-corrected chi connectivity index (χ0v) is 41.0. The van der Waals surface area contributed by atoms with Gasteiger partial charge in [-0.2, -0.15) is 11.8 Å². The Morgan fingerprint density at radius 2 is 1.05 bits per heavy atom. The second-order valence-electron chi connectivity index (χ2n) is 17.6. The van der Waals surface area contributed by atoms with Gasteiger partial charge in [0.25, 0.3) is 5.91 Å². The highest BCUT2D eigenvalue weighted by Gasteiger charge is 2.22. The summed E-state index contributed by atoms with van der Waals surface area (Å²) in [4.78, 5) is 73.3. The molecule has 0 aliphatic carbocycles. The van der Waals surface area contributed by atoms with Gasteiger partial charge >= 0.3 is 23.9 Å². The predicted octanol–water partition coefficient (Wildman–Crippen LogP) is 10.8. The fraction of sp³-hybridized carbons (Fsp3) is 0.765. The van der Waals surface area contributed by atoms with Crippen molar-refractivity contribution in [3.05, 3.63) is 35.4 Å². The number of hydrogen-bond acceptors (Lipinski definition) is 10. The number of carboxylic acids is 2. The second kappa shape index (κ2) is 40.6. The summed E-state index contributed by atoms with van der Waals surface area (Å²) >= 11 is 1.34. The monoisotopic (exact) mass is 934 g/mol. The van der Waals surface area contributed by atoms with E-state index in [0.717, 1.165) is 38.5 Å². The molecule has 372 valence electrons. The molecule has 0 aliphatic heterocycles. The molecule has 0 aromatic heterocycles. The third-order valence-electron chi connectivity index (χ3n) is 11.6. The summed E-state index contributed by atoms with van der Waals surface area (Å²) in [6.07, 6.45) is 30.9. The number of carbonyl (C=O) groups excluding carboxylic acids is 4. The van der Waals surface area contributed by atoms with E-state index in [0.29, 0.717) is 24.2 Å². The first-order valence-electron chi connectivity index (χ1n) is 25.3. The van der Waals surface area contributed by atoms with E-state index >= 15 is 0 Å². The molecule has 0 heterocycles. The smallest absolute Gasteiger partial charge is 0.326 e. The first kappa shape index (κ1) is 59.4. The molecule has 14 heteroatoms. The lowest BCUT2D eigenvalue weighted by atomic mass is 10.0. The summed E-state index contributed by atoms with van der Waals surface area (Å²) in [5.41, 5.74) is 7.06. The number of carbonyl (C=O) groups is 6. The number of esters is 2. The Morgan fingerprint density at radius 1 is 0.600 bits per heavy atom. The Balaban J connectivity index is 2.52. The standard InChI is InChI=1S/C51H87N3O10S/c1-3-5-7-9-11-13-15-17-19-21-23-25-27-29-47(57)63-38-43(64-48(58)30-28-26-24-22-20-18-16-14-12-10-8-6-4-2)39-65-40-44(52)50(60)53-37-41-31-33-42(34-32-41)49(59)54-45(51(61)62)35-36-46(55)56/h31-34,43-45H,3-30,35-40,52H2,1-2H3,(H,53,60)(H,54,59)(H,55,56)(H,61,62). The van der Waals surface area contributed by atoms with E-state index in [4.69, 9.17) is 20.3 Å². The zero-order valence-electron chi connectivity index (χ0n) is 40.2. The Hall–Kier alpha value is -3.65. The normalized spacial score (nSPS) is 12.5. The van der Waals surface area contributed by atoms with Gasteiger partial charge in [-0.25, -0.2) is 4.79 Å². The maximum atomic E-state index is 12.9. The van der Waals surface area contributed by atoms with E-state index < -0.39 is 48.4 Å². The molecule has 0 radical (unpaired) electrons. The summed E-state index contributed by atoms with van der Waals surface area (Å²) in [5.74, 6) is -3.64. The van der Waals surface area contributed by atoms with Crippen LogP contribution in [0.5, 0.6) is 0 Å². The number of ether oxygens (including phenoxy) is 2. The molecule has 0 saturated heterocycles. The van der Waals surface area contributed by atoms with Crippen LogP contribution in [-0.2, 0) is 40.0 Å². The van der Waals surface area contributed by atoms with Crippen molar-refractivity contribution >= 4 is 47.5 Å². The van der Waals surface area contributed by atoms with Crippen LogP contribution in [0.1, 0.15) is 222 Å². The van der Waals surface area contributed by atoms with Crippen molar-refractivity contribution < 1.29 is 48.5 Å². The molecular weight excluding hydrogens is 847 g/mol. The molecule has 1 aromatic rings. The Bertz CT molecular complexity index is 1430. The average Bonchev–Trinajstić information content (AvgIpc) is 3.28. The first-order valence-corrected chi connectivity index (χ1v) is 26.4. The molecule has 1 rings (SSSR count). The van der Waals surface area contributed by atoms with Gasteiger partial charge in [-0.05, 0) is 37.0 Å². The highest BCUT2D eigenvalue weighted by Crippen LogP contribution is 2.17. The van der Waals surface area contributed by atoms with Crippen LogP contribution >= 0.6 is 11.8 Å². The number of thioether (sulfide) groups is 1. The number of nitrogens with one attached hydrogen (secondary N) is 2. The number of rotatable bonds is 44. The number of aliphatic carboxylic acids is 2. The minimum absolute atomic E-state index is 0.0522. The number of hydrogen-bond donors (Lipinski definition) is 5. The van der Waals surface area contributed by atoms with Gasteiger partial charge in [-0.1, -0.05) is 180 Å². The van der Waals surface area contributed by atoms with Crippen LogP contribution in [0.15, 0.2) is 24.3 Å². The molecule has 0 fully saturated rings. The number of nitrogens with two attached hydrogens (primary N) is 1. The van der Waals surface area contributed by atoms with E-state index in [1.54, 1.807) is 12.1 Å². The third-order valence-corrected chi connectivity index (χ3v) is 12.8. The number of benzene rings is 1. The van der Waals surface area contributed by atoms with Gasteiger partial charge < -0.3 is 36.1 Å². The fourth-order valence-corrected chi connectivity index (χ4v) is 8.42. The lowest BCUT2D eigenvalue weighted by Crippen LogP contribution is -2.42. The van der Waals surface area contributed by atoms with Gasteiger partial charge in [-0.15, -0.1) is 0 Å². The molecule has 0 aliphatic rings. The van der Waals surface area contributed by atoms with Crippen molar-refractivity contribution in [2.45, 2.75) is 231 Å². The van der Waals surface area contributed by atoms with Gasteiger partial charge in [-0.3, -0.25) is 24.0 Å². The van der Waals surface area contributed by atoms with Crippen molar-refractivity contribution in [3.8, 4) is 0 Å². The van der Waals surface area contributed by atoms with Gasteiger partial charge in [0.15, 0.2) is 0 Å². The quantitative estimate of drug-likeness (QED) is 0.0306. The lowest BCUT2D eigenvalue weighted by molar-refractivity contribution is -0.157. The van der Waals surface area contributed by atoms with E-state index in [1.165, 1.54) is 152 Å². The topological polar surface area (TPSA) is 211 Å². The molecule has 65 heavy (non-hydrogen) atoms. The van der Waals surface area contributed by atoms with Crippen LogP contribution in [0.2, 0.25) is 0 Å². The maximum absolute atomic E-state index is 12.9. The molecule has 0 bridgehead atoms. The molecule has 0 spiro atoms. The number of amides is 2. The minimum atomic E-state index is -1.35. The van der Waals surface area contributed by atoms with Crippen LogP contribution < -0.4 is 16.4 Å². The second-order valence-corrected chi connectivity index (χ2v) is 18.7. The van der Waals surface area contributed by atoms with Crippen molar-refractivity contribution in [1.29, 1.82) is 0 Å². The first-order chi connectivity index (χ1) is 31.5. The van der Waals surface area contributed by atoms with Gasteiger partial charge in [0.05, 0.1) is 6.04 Å². The van der Waals surface area contributed by atoms with E-state index in [9.17, 15) is 33.9 Å². The van der Waals surface area contributed by atoms with Crippen LogP contribution in [0, 0.1) is 0 Å². The summed E-state index contributed by atoms with van der Waals surface area (Å²) < 4.78 is 11.4. The predicted molar refractivity (Wildman–Crippen MR) is 261 cm³/mol. The SMILES string of the molecule is CCCCCCCCCCCCCCCC(=O)OCC(CSCC(N)C(=O)NCc1ccc(C(=O)NC(CCC(=O)O)C(=O)O)cc1)OC(=O)CCCCCCCCCCCCCCC. The van der Waals surface area contributed by atoms with Crippen molar-refractivity contribution in [2.24, 2.45) is 5.73 Å². The van der Waals surface area contributed by atoms with Crippen LogP contribution in [-0.4, -0.2) is 82.2 Å². The molecule has 2 amide bonds. The molecule has 3 unspecified atom stereocenters. The molecule has 3 atom stereocenters. The molecule has 0 saturated carbocycles. The maximum Gasteiger partial charge on any atom is 0.326 e. The van der Waals surface area contributed by atoms with E-state index in [-0.39, 0.29) is 42.8 Å². The van der Waals surface area contributed by atoms with Crippen LogP contribution in [0.3, 0.4) is 0 Å². The largest absolute Gasteiger partial charge is 0.481 e. The Morgan fingerprint density at radius 3 is 1.49 bits per heavy atom. The molecule has 1 aromatic carbocycles. The van der Waals surface area contributed by atoms with Gasteiger partial charge in [0, 0.05) is 42.9 Å². The molecule has 13 nitrogen and oxygen atoms in total. The Kier molecular flexibility index (Phi) is 37.1. The number of unbranched alkanes of at least 4 members (excludes halogenated alkanes) is 24. The van der Waals surface area contributed by atoms with Crippen molar-refractivity contribution in [2.75, 3.05) is 18.1 Å². The van der Waals surface area contributed by atoms with E-state index in [2.05, 4.69) is 24.5 Å². The zero-order chi connectivity index (χ0) is 47.8. The third kappa shape index (κ3) is 34.3. The summed E-state index contributed by atoms with van der Waals surface area (Å²) in [6.45, 7) is 4.57. The fourth-order valence-electron chi connectivity index (χ4n) is 7.46. The average molecular weight is 934 g/mol. The highest BCUT2D eigenvalue weighted by molar-refractivity contribution is 7.99. The van der Waals surface area contributed by atoms with Crippen molar-refractivity contribution in [1.82, 2.24) is 10.6 Å². The highest BCUT2D eigenvalue weighted by atomic mass is 32.2. The number of carboxylic acid groups (broad SMARTS) is 2. The summed E-state index contributed by atoms with van der Waals surface area (Å²) in [7, 11) is 0. The summed E-state index contributed by atoms with van der Waals surface area (Å²) in [5, 5.41) is 23.3. The minimum Gasteiger partial charge on any atom is -0.481 e.